The summed E-state index contributed by atoms with van der Waals surface area (Å²) in [5, 5.41) is 2.92. The summed E-state index contributed by atoms with van der Waals surface area (Å²) in [6.07, 6.45) is 4.38. The highest BCUT2D eigenvalue weighted by Gasteiger charge is 2.15. The maximum atomic E-state index is 13.2. The summed E-state index contributed by atoms with van der Waals surface area (Å²) in [6.45, 7) is 0. The van der Waals surface area contributed by atoms with E-state index in [9.17, 15) is 9.18 Å². The molecule has 4 heteroatoms. The van der Waals surface area contributed by atoms with E-state index in [1.54, 1.807) is 0 Å². The topological polar surface area (TPSA) is 55.1 Å². The van der Waals surface area contributed by atoms with E-state index in [1.807, 2.05) is 12.1 Å². The summed E-state index contributed by atoms with van der Waals surface area (Å²) in [6, 6.07) is 9.99. The molecule has 108 valence electrons. The molecule has 1 amide bonds. The van der Waals surface area contributed by atoms with Gasteiger partial charge in [-0.25, -0.2) is 4.39 Å². The molecule has 0 fully saturated rings. The maximum Gasteiger partial charge on any atom is 0.255 e. The zero-order valence-corrected chi connectivity index (χ0v) is 11.7. The van der Waals surface area contributed by atoms with Gasteiger partial charge in [0.1, 0.15) is 5.82 Å². The highest BCUT2D eigenvalue weighted by molar-refractivity contribution is 6.05. The first-order chi connectivity index (χ1) is 10.1. The Balaban J connectivity index is 1.86. The molecule has 2 aromatic rings. The van der Waals surface area contributed by atoms with Crippen molar-refractivity contribution in [3.05, 3.63) is 58.9 Å². The molecule has 3 rings (SSSR count). The molecular weight excluding hydrogens is 267 g/mol. The minimum absolute atomic E-state index is 0.0160. The summed E-state index contributed by atoms with van der Waals surface area (Å²) in [7, 11) is 0. The molecule has 0 atom stereocenters. The second-order valence-corrected chi connectivity index (χ2v) is 5.34. The van der Waals surface area contributed by atoms with Gasteiger partial charge in [0.15, 0.2) is 0 Å². The third-order valence-corrected chi connectivity index (χ3v) is 3.90. The number of nitrogens with one attached hydrogen (secondary N) is 1. The molecule has 21 heavy (non-hydrogen) atoms. The molecule has 0 heterocycles. The predicted molar refractivity (Wildman–Crippen MR) is 81.8 cm³/mol. The average molecular weight is 284 g/mol. The van der Waals surface area contributed by atoms with Crippen molar-refractivity contribution < 1.29 is 9.18 Å². The normalized spacial score (nSPS) is 13.6. The number of anilines is 2. The van der Waals surface area contributed by atoms with E-state index in [0.29, 0.717) is 5.56 Å². The lowest BCUT2D eigenvalue weighted by molar-refractivity contribution is 0.102. The smallest absolute Gasteiger partial charge is 0.255 e. The average Bonchev–Trinajstić information content (AvgIpc) is 2.50. The highest BCUT2D eigenvalue weighted by atomic mass is 19.1. The molecule has 0 radical (unpaired) electrons. The van der Waals surface area contributed by atoms with Gasteiger partial charge >= 0.3 is 0 Å². The lowest BCUT2D eigenvalue weighted by Crippen LogP contribution is -2.15. The van der Waals surface area contributed by atoms with Crippen molar-refractivity contribution in [1.82, 2.24) is 0 Å². The van der Waals surface area contributed by atoms with Crippen molar-refractivity contribution in [1.29, 1.82) is 0 Å². The number of aryl methyl sites for hydroxylation is 1. The van der Waals surface area contributed by atoms with Gasteiger partial charge < -0.3 is 11.1 Å². The molecule has 0 saturated heterocycles. The minimum Gasteiger partial charge on any atom is -0.396 e. The van der Waals surface area contributed by atoms with Crippen LogP contribution in [0.5, 0.6) is 0 Å². The van der Waals surface area contributed by atoms with E-state index < -0.39 is 5.82 Å². The van der Waals surface area contributed by atoms with E-state index in [0.717, 1.165) is 24.9 Å². The van der Waals surface area contributed by atoms with Crippen LogP contribution in [0.4, 0.5) is 15.8 Å². The Bertz CT molecular complexity index is 697. The summed E-state index contributed by atoms with van der Waals surface area (Å²) < 4.78 is 13.2. The monoisotopic (exact) mass is 284 g/mol. The van der Waals surface area contributed by atoms with E-state index in [4.69, 9.17) is 5.73 Å². The Hall–Kier alpha value is -2.36. The lowest BCUT2D eigenvalue weighted by Gasteiger charge is -2.19. The number of nitrogens with two attached hydrogens (primary N) is 1. The zero-order valence-electron chi connectivity index (χ0n) is 11.7. The number of amides is 1. The number of nitrogen functional groups attached to an aromatic ring is 1. The number of hydrogen-bond donors (Lipinski definition) is 2. The first-order valence-electron chi connectivity index (χ1n) is 7.12. The molecule has 0 unspecified atom stereocenters. The van der Waals surface area contributed by atoms with Crippen LogP contribution in [0.3, 0.4) is 0 Å². The van der Waals surface area contributed by atoms with Gasteiger partial charge in [-0.15, -0.1) is 0 Å². The van der Waals surface area contributed by atoms with Crippen LogP contribution in [0.25, 0.3) is 0 Å². The van der Waals surface area contributed by atoms with E-state index in [-0.39, 0.29) is 11.6 Å². The fraction of sp³-hybridized carbons (Fsp3) is 0.235. The van der Waals surface area contributed by atoms with Gasteiger partial charge in [-0.05, 0) is 61.1 Å². The van der Waals surface area contributed by atoms with Crippen LogP contribution in [-0.2, 0) is 12.8 Å². The summed E-state index contributed by atoms with van der Waals surface area (Å²) >= 11 is 0. The molecule has 2 aromatic carbocycles. The van der Waals surface area contributed by atoms with Crippen LogP contribution in [-0.4, -0.2) is 5.91 Å². The quantitative estimate of drug-likeness (QED) is 0.829. The third-order valence-electron chi connectivity index (χ3n) is 3.90. The van der Waals surface area contributed by atoms with Gasteiger partial charge in [-0.3, -0.25) is 4.79 Å². The predicted octanol–water partition coefficient (Wildman–Crippen LogP) is 3.54. The fourth-order valence-electron chi connectivity index (χ4n) is 2.78. The number of carbonyl (C=O) groups excluding carboxylic acids is 1. The van der Waals surface area contributed by atoms with Crippen molar-refractivity contribution in [2.75, 3.05) is 11.1 Å². The minimum atomic E-state index is -0.511. The first-order valence-corrected chi connectivity index (χ1v) is 7.12. The van der Waals surface area contributed by atoms with Crippen LogP contribution in [0.15, 0.2) is 36.4 Å². The number of rotatable bonds is 2. The molecule has 0 aromatic heterocycles. The van der Waals surface area contributed by atoms with Crippen LogP contribution in [0, 0.1) is 5.82 Å². The fourth-order valence-corrected chi connectivity index (χ4v) is 2.78. The third kappa shape index (κ3) is 2.75. The largest absolute Gasteiger partial charge is 0.396 e. The molecule has 0 aliphatic heterocycles. The maximum absolute atomic E-state index is 13.2. The Morgan fingerprint density at radius 3 is 2.76 bits per heavy atom. The summed E-state index contributed by atoms with van der Waals surface area (Å²) in [5.41, 5.74) is 9.22. The Morgan fingerprint density at radius 1 is 1.14 bits per heavy atom. The van der Waals surface area contributed by atoms with Crippen LogP contribution in [0.2, 0.25) is 0 Å². The van der Waals surface area contributed by atoms with Gasteiger partial charge in [-0.1, -0.05) is 12.1 Å². The van der Waals surface area contributed by atoms with Crippen molar-refractivity contribution in [2.45, 2.75) is 25.7 Å². The van der Waals surface area contributed by atoms with E-state index in [1.165, 1.54) is 35.7 Å². The zero-order chi connectivity index (χ0) is 14.8. The molecule has 3 nitrogen and oxygen atoms in total. The van der Waals surface area contributed by atoms with Crippen molar-refractivity contribution in [3.8, 4) is 0 Å². The molecular formula is C17H17FN2O. The standard InChI is InChI=1S/C17H17FN2O/c18-14-9-8-12(10-15(14)19)17(21)20-16-7-3-5-11-4-1-2-6-13(11)16/h3,5,7-10H,1-2,4,6,19H2,(H,20,21). The molecule has 0 bridgehead atoms. The molecule has 3 N–H and O–H groups in total. The van der Waals surface area contributed by atoms with Crippen molar-refractivity contribution in [3.63, 3.8) is 0 Å². The van der Waals surface area contributed by atoms with Crippen molar-refractivity contribution >= 4 is 17.3 Å². The lowest BCUT2D eigenvalue weighted by atomic mass is 9.90. The second-order valence-electron chi connectivity index (χ2n) is 5.34. The first kappa shape index (κ1) is 13.6. The Kier molecular flexibility index (Phi) is 3.60. The number of benzene rings is 2. The number of hydrogen-bond acceptors (Lipinski definition) is 2. The molecule has 1 aliphatic rings. The van der Waals surface area contributed by atoms with Crippen LogP contribution in [0.1, 0.15) is 34.3 Å². The number of fused-ring (bicyclic) bond motifs is 1. The highest BCUT2D eigenvalue weighted by Crippen LogP contribution is 2.28. The van der Waals surface area contributed by atoms with E-state index in [2.05, 4.69) is 11.4 Å². The Morgan fingerprint density at radius 2 is 1.95 bits per heavy atom. The van der Waals surface area contributed by atoms with Crippen LogP contribution >= 0.6 is 0 Å². The van der Waals surface area contributed by atoms with Gasteiger partial charge in [-0.2, -0.15) is 0 Å². The van der Waals surface area contributed by atoms with Gasteiger partial charge in [0.2, 0.25) is 0 Å². The molecule has 0 saturated carbocycles. The Labute approximate surface area is 123 Å². The number of halogens is 1. The van der Waals surface area contributed by atoms with Gasteiger partial charge in [0.25, 0.3) is 5.91 Å². The summed E-state index contributed by atoms with van der Waals surface area (Å²) in [4.78, 5) is 12.3. The van der Waals surface area contributed by atoms with Crippen LogP contribution < -0.4 is 11.1 Å². The summed E-state index contributed by atoms with van der Waals surface area (Å²) in [5.74, 6) is -0.774. The second kappa shape index (κ2) is 5.56. The van der Waals surface area contributed by atoms with Crippen molar-refractivity contribution in [2.24, 2.45) is 0 Å². The van der Waals surface area contributed by atoms with E-state index >= 15 is 0 Å². The SMILES string of the molecule is Nc1cc(C(=O)Nc2cccc3c2CCCC3)ccc1F. The van der Waals surface area contributed by atoms with Gasteiger partial charge in [0.05, 0.1) is 5.69 Å². The molecule has 1 aliphatic carbocycles. The van der Waals surface area contributed by atoms with Gasteiger partial charge in [0, 0.05) is 11.3 Å². The number of carbonyl (C=O) groups is 1. The molecule has 0 spiro atoms.